The molecule has 2 amide bonds. The van der Waals surface area contributed by atoms with Crippen molar-refractivity contribution in [3.05, 3.63) is 88.4 Å². The Kier molecular flexibility index (Phi) is 4.75. The van der Waals surface area contributed by atoms with Crippen LogP contribution in [-0.2, 0) is 6.54 Å². The molecule has 0 unspecified atom stereocenters. The third kappa shape index (κ3) is 3.32. The fourth-order valence-corrected chi connectivity index (χ4v) is 3.43. The number of carbonyl (C=O) groups excluding carboxylic acids is 2. The fourth-order valence-electron chi connectivity index (χ4n) is 3.24. The highest BCUT2D eigenvalue weighted by molar-refractivity contribution is 6.31. The average Bonchev–Trinajstić information content (AvgIpc) is 3.05. The van der Waals surface area contributed by atoms with Gasteiger partial charge in [0.05, 0.1) is 19.3 Å². The van der Waals surface area contributed by atoms with Crippen molar-refractivity contribution < 1.29 is 14.3 Å². The SMILES string of the molecule is COc1cc(N2Cc3ccccc3C2=O)ccc1NC(=O)c1cccc(Cl)c1. The Morgan fingerprint density at radius 3 is 2.64 bits per heavy atom. The standard InChI is InChI=1S/C22H17ClN2O3/c1-28-20-12-17(25-13-15-5-2-3-8-18(15)22(25)27)9-10-19(20)24-21(26)14-6-4-7-16(23)11-14/h2-12H,13H2,1H3,(H,24,26). The second-order valence-electron chi connectivity index (χ2n) is 6.40. The third-order valence-corrected chi connectivity index (χ3v) is 4.89. The molecule has 0 spiro atoms. The molecule has 140 valence electrons. The number of anilines is 2. The minimum absolute atomic E-state index is 0.0478. The molecule has 0 aromatic heterocycles. The summed E-state index contributed by atoms with van der Waals surface area (Å²) in [5.74, 6) is 0.128. The summed E-state index contributed by atoms with van der Waals surface area (Å²) in [5.41, 5.74) is 3.37. The van der Waals surface area contributed by atoms with Gasteiger partial charge in [0.2, 0.25) is 0 Å². The molecule has 5 nitrogen and oxygen atoms in total. The Morgan fingerprint density at radius 2 is 1.89 bits per heavy atom. The van der Waals surface area contributed by atoms with Crippen LogP contribution < -0.4 is 15.0 Å². The second kappa shape index (κ2) is 7.37. The molecular formula is C22H17ClN2O3. The van der Waals surface area contributed by atoms with Gasteiger partial charge in [0.25, 0.3) is 11.8 Å². The molecule has 1 aliphatic heterocycles. The third-order valence-electron chi connectivity index (χ3n) is 4.65. The predicted molar refractivity (Wildman–Crippen MR) is 109 cm³/mol. The average molecular weight is 393 g/mol. The molecule has 1 N–H and O–H groups in total. The van der Waals surface area contributed by atoms with Gasteiger partial charge in [-0.05, 0) is 42.0 Å². The number of amides is 2. The Morgan fingerprint density at radius 1 is 1.07 bits per heavy atom. The maximum atomic E-state index is 12.7. The van der Waals surface area contributed by atoms with E-state index in [1.165, 1.54) is 7.11 Å². The first-order valence-electron chi connectivity index (χ1n) is 8.71. The van der Waals surface area contributed by atoms with Crippen LogP contribution in [0.2, 0.25) is 5.02 Å². The van der Waals surface area contributed by atoms with E-state index in [0.29, 0.717) is 39.8 Å². The fraction of sp³-hybridized carbons (Fsp3) is 0.0909. The molecule has 6 heteroatoms. The molecule has 0 bridgehead atoms. The van der Waals surface area contributed by atoms with Crippen LogP contribution in [0.3, 0.4) is 0 Å². The van der Waals surface area contributed by atoms with Crippen molar-refractivity contribution in [1.82, 2.24) is 0 Å². The van der Waals surface area contributed by atoms with E-state index in [4.69, 9.17) is 16.3 Å². The number of rotatable bonds is 4. The quantitative estimate of drug-likeness (QED) is 0.696. The number of nitrogens with zero attached hydrogens (tertiary/aromatic N) is 1. The van der Waals surface area contributed by atoms with Crippen molar-refractivity contribution in [2.45, 2.75) is 6.54 Å². The van der Waals surface area contributed by atoms with Gasteiger partial charge in [-0.25, -0.2) is 0 Å². The molecule has 1 heterocycles. The summed E-state index contributed by atoms with van der Waals surface area (Å²) in [5, 5.41) is 3.31. The number of fused-ring (bicyclic) bond motifs is 1. The van der Waals surface area contributed by atoms with Crippen LogP contribution >= 0.6 is 11.6 Å². The first kappa shape index (κ1) is 18.1. The van der Waals surface area contributed by atoms with E-state index >= 15 is 0 Å². The number of halogens is 1. The van der Waals surface area contributed by atoms with Crippen molar-refractivity contribution in [3.63, 3.8) is 0 Å². The summed E-state index contributed by atoms with van der Waals surface area (Å²) in [7, 11) is 1.52. The van der Waals surface area contributed by atoms with Gasteiger partial charge in [-0.3, -0.25) is 9.59 Å². The summed E-state index contributed by atoms with van der Waals surface area (Å²) in [6, 6.07) is 19.5. The van der Waals surface area contributed by atoms with E-state index in [-0.39, 0.29) is 11.8 Å². The molecule has 4 rings (SSSR count). The van der Waals surface area contributed by atoms with Gasteiger partial charge in [0.15, 0.2) is 0 Å². The molecule has 0 radical (unpaired) electrons. The smallest absolute Gasteiger partial charge is 0.258 e. The number of nitrogens with one attached hydrogen (secondary N) is 1. The minimum Gasteiger partial charge on any atom is -0.494 e. The van der Waals surface area contributed by atoms with Crippen LogP contribution in [-0.4, -0.2) is 18.9 Å². The topological polar surface area (TPSA) is 58.6 Å². The van der Waals surface area contributed by atoms with Gasteiger partial charge in [0.1, 0.15) is 5.75 Å². The summed E-state index contributed by atoms with van der Waals surface area (Å²) in [6.45, 7) is 0.506. The highest BCUT2D eigenvalue weighted by atomic mass is 35.5. The lowest BCUT2D eigenvalue weighted by molar-refractivity contribution is 0.0994. The molecule has 0 fully saturated rings. The van der Waals surface area contributed by atoms with Crippen LogP contribution in [0.1, 0.15) is 26.3 Å². The lowest BCUT2D eigenvalue weighted by atomic mass is 10.1. The summed E-state index contributed by atoms with van der Waals surface area (Å²) in [4.78, 5) is 26.9. The van der Waals surface area contributed by atoms with E-state index in [9.17, 15) is 9.59 Å². The molecule has 0 atom stereocenters. The van der Waals surface area contributed by atoms with Gasteiger partial charge in [-0.15, -0.1) is 0 Å². The van der Waals surface area contributed by atoms with Crippen molar-refractivity contribution >= 4 is 34.8 Å². The lowest BCUT2D eigenvalue weighted by Crippen LogP contribution is -2.23. The molecule has 0 saturated heterocycles. The van der Waals surface area contributed by atoms with E-state index in [2.05, 4.69) is 5.32 Å². The van der Waals surface area contributed by atoms with Crippen LogP contribution in [0.15, 0.2) is 66.7 Å². The first-order valence-corrected chi connectivity index (χ1v) is 9.09. The molecule has 3 aromatic carbocycles. The van der Waals surface area contributed by atoms with Crippen molar-refractivity contribution in [1.29, 1.82) is 0 Å². The van der Waals surface area contributed by atoms with E-state index in [1.54, 1.807) is 47.4 Å². The normalized spacial score (nSPS) is 12.6. The maximum absolute atomic E-state index is 12.7. The zero-order chi connectivity index (χ0) is 19.7. The largest absolute Gasteiger partial charge is 0.494 e. The Labute approximate surface area is 167 Å². The van der Waals surface area contributed by atoms with Gasteiger partial charge in [-0.2, -0.15) is 0 Å². The number of hydrogen-bond donors (Lipinski definition) is 1. The van der Waals surface area contributed by atoms with Crippen LogP contribution in [0, 0.1) is 0 Å². The number of hydrogen-bond acceptors (Lipinski definition) is 3. The van der Waals surface area contributed by atoms with E-state index in [1.807, 2.05) is 24.3 Å². The lowest BCUT2D eigenvalue weighted by Gasteiger charge is -2.18. The summed E-state index contributed by atoms with van der Waals surface area (Å²) < 4.78 is 5.44. The van der Waals surface area contributed by atoms with Crippen molar-refractivity contribution in [2.75, 3.05) is 17.3 Å². The first-order chi connectivity index (χ1) is 13.6. The second-order valence-corrected chi connectivity index (χ2v) is 6.83. The van der Waals surface area contributed by atoms with E-state index < -0.39 is 0 Å². The molecule has 28 heavy (non-hydrogen) atoms. The Hall–Kier alpha value is -3.31. The molecule has 3 aromatic rings. The van der Waals surface area contributed by atoms with Crippen molar-refractivity contribution in [3.8, 4) is 5.75 Å². The molecule has 1 aliphatic rings. The summed E-state index contributed by atoms with van der Waals surface area (Å²) in [6.07, 6.45) is 0. The Balaban J connectivity index is 1.59. The monoisotopic (exact) mass is 392 g/mol. The zero-order valence-corrected chi connectivity index (χ0v) is 15.9. The summed E-state index contributed by atoms with van der Waals surface area (Å²) >= 11 is 5.95. The Bertz CT molecular complexity index is 1080. The zero-order valence-electron chi connectivity index (χ0n) is 15.1. The van der Waals surface area contributed by atoms with Gasteiger partial charge >= 0.3 is 0 Å². The molecule has 0 aliphatic carbocycles. The maximum Gasteiger partial charge on any atom is 0.258 e. The predicted octanol–water partition coefficient (Wildman–Crippen LogP) is 4.76. The van der Waals surface area contributed by atoms with Crippen LogP contribution in [0.4, 0.5) is 11.4 Å². The number of ether oxygens (including phenoxy) is 1. The van der Waals surface area contributed by atoms with Gasteiger partial charge < -0.3 is 15.0 Å². The van der Waals surface area contributed by atoms with Gasteiger partial charge in [0, 0.05) is 27.9 Å². The van der Waals surface area contributed by atoms with Crippen molar-refractivity contribution in [2.24, 2.45) is 0 Å². The van der Waals surface area contributed by atoms with E-state index in [0.717, 1.165) is 5.56 Å². The van der Waals surface area contributed by atoms with Crippen LogP contribution in [0.25, 0.3) is 0 Å². The van der Waals surface area contributed by atoms with Gasteiger partial charge in [-0.1, -0.05) is 35.9 Å². The highest BCUT2D eigenvalue weighted by Gasteiger charge is 2.28. The van der Waals surface area contributed by atoms with Crippen LogP contribution in [0.5, 0.6) is 5.75 Å². The molecular weight excluding hydrogens is 376 g/mol. The number of carbonyl (C=O) groups is 2. The number of benzene rings is 3. The number of methoxy groups -OCH3 is 1. The molecule has 0 saturated carbocycles. The minimum atomic E-state index is -0.293. The highest BCUT2D eigenvalue weighted by Crippen LogP contribution is 2.34.